The SMILES string of the molecule is C=CCN(CC1CC(c2ccccc2OC)=NO1)C(=O)CC. The molecule has 2 rings (SSSR count). The first-order valence-electron chi connectivity index (χ1n) is 7.44. The molecule has 1 heterocycles. The van der Waals surface area contributed by atoms with Gasteiger partial charge in [-0.25, -0.2) is 0 Å². The average Bonchev–Trinajstić information content (AvgIpc) is 3.02. The Bertz CT molecular complexity index is 569. The predicted molar refractivity (Wildman–Crippen MR) is 86.1 cm³/mol. The van der Waals surface area contributed by atoms with Crippen LogP contribution in [0.1, 0.15) is 25.3 Å². The van der Waals surface area contributed by atoms with E-state index in [1.165, 1.54) is 0 Å². The van der Waals surface area contributed by atoms with E-state index >= 15 is 0 Å². The van der Waals surface area contributed by atoms with Crippen molar-refractivity contribution in [3.05, 3.63) is 42.5 Å². The molecule has 118 valence electrons. The van der Waals surface area contributed by atoms with Gasteiger partial charge in [0.1, 0.15) is 5.75 Å². The summed E-state index contributed by atoms with van der Waals surface area (Å²) in [5.74, 6) is 0.868. The number of methoxy groups -OCH3 is 1. The van der Waals surface area contributed by atoms with Gasteiger partial charge in [0.25, 0.3) is 0 Å². The van der Waals surface area contributed by atoms with Gasteiger partial charge in [-0.3, -0.25) is 4.79 Å². The van der Waals surface area contributed by atoms with E-state index in [2.05, 4.69) is 11.7 Å². The number of hydrogen-bond donors (Lipinski definition) is 0. The summed E-state index contributed by atoms with van der Waals surface area (Å²) in [6.45, 7) is 6.59. The van der Waals surface area contributed by atoms with Crippen LogP contribution in [0.15, 0.2) is 42.1 Å². The smallest absolute Gasteiger partial charge is 0.222 e. The molecule has 0 N–H and O–H groups in total. The van der Waals surface area contributed by atoms with Crippen molar-refractivity contribution in [2.75, 3.05) is 20.2 Å². The van der Waals surface area contributed by atoms with Gasteiger partial charge in [-0.15, -0.1) is 6.58 Å². The Morgan fingerprint density at radius 2 is 2.32 bits per heavy atom. The molecule has 1 aliphatic rings. The molecule has 0 spiro atoms. The van der Waals surface area contributed by atoms with Crippen molar-refractivity contribution in [1.82, 2.24) is 4.90 Å². The van der Waals surface area contributed by atoms with Gasteiger partial charge in [0.2, 0.25) is 5.91 Å². The first-order valence-corrected chi connectivity index (χ1v) is 7.44. The number of para-hydroxylation sites is 1. The number of carbonyl (C=O) groups is 1. The van der Waals surface area contributed by atoms with Crippen LogP contribution >= 0.6 is 0 Å². The van der Waals surface area contributed by atoms with Crippen LogP contribution in [0, 0.1) is 0 Å². The Labute approximate surface area is 131 Å². The molecule has 1 unspecified atom stereocenters. The van der Waals surface area contributed by atoms with Crippen LogP contribution in [0.25, 0.3) is 0 Å². The maximum atomic E-state index is 11.9. The number of oxime groups is 1. The summed E-state index contributed by atoms with van der Waals surface area (Å²) in [6, 6.07) is 7.72. The molecule has 1 aromatic rings. The van der Waals surface area contributed by atoms with Gasteiger partial charge in [-0.2, -0.15) is 0 Å². The van der Waals surface area contributed by atoms with Crippen molar-refractivity contribution in [3.8, 4) is 5.75 Å². The Morgan fingerprint density at radius 3 is 3.00 bits per heavy atom. The molecule has 0 saturated carbocycles. The van der Waals surface area contributed by atoms with Crippen LogP contribution in [-0.2, 0) is 9.63 Å². The van der Waals surface area contributed by atoms with Gasteiger partial charge >= 0.3 is 0 Å². The third kappa shape index (κ3) is 3.67. The molecule has 0 radical (unpaired) electrons. The van der Waals surface area contributed by atoms with E-state index in [1.54, 1.807) is 18.1 Å². The lowest BCUT2D eigenvalue weighted by molar-refractivity contribution is -0.132. The van der Waals surface area contributed by atoms with Crippen LogP contribution in [-0.4, -0.2) is 42.8 Å². The fraction of sp³-hybridized carbons (Fsp3) is 0.412. The number of hydrogen-bond acceptors (Lipinski definition) is 4. The minimum atomic E-state index is -0.129. The largest absolute Gasteiger partial charge is 0.496 e. The Balaban J connectivity index is 2.02. The summed E-state index contributed by atoms with van der Waals surface area (Å²) in [7, 11) is 1.64. The van der Waals surface area contributed by atoms with Crippen molar-refractivity contribution < 1.29 is 14.4 Å². The van der Waals surface area contributed by atoms with Crippen molar-refractivity contribution >= 4 is 11.6 Å². The summed E-state index contributed by atoms with van der Waals surface area (Å²) in [5.41, 5.74) is 1.79. The van der Waals surface area contributed by atoms with Gasteiger partial charge in [-0.05, 0) is 12.1 Å². The van der Waals surface area contributed by atoms with E-state index < -0.39 is 0 Å². The highest BCUT2D eigenvalue weighted by atomic mass is 16.6. The molecule has 0 bridgehead atoms. The number of benzene rings is 1. The second-order valence-electron chi connectivity index (χ2n) is 5.11. The molecular weight excluding hydrogens is 280 g/mol. The minimum Gasteiger partial charge on any atom is -0.496 e. The fourth-order valence-electron chi connectivity index (χ4n) is 2.47. The normalized spacial score (nSPS) is 16.6. The molecule has 1 amide bonds. The van der Waals surface area contributed by atoms with Crippen LogP contribution in [0.2, 0.25) is 0 Å². The maximum absolute atomic E-state index is 11.9. The van der Waals surface area contributed by atoms with Crippen molar-refractivity contribution in [3.63, 3.8) is 0 Å². The highest BCUT2D eigenvalue weighted by molar-refractivity contribution is 6.03. The first-order chi connectivity index (χ1) is 10.7. The molecule has 0 saturated heterocycles. The monoisotopic (exact) mass is 302 g/mol. The van der Waals surface area contributed by atoms with Crippen LogP contribution in [0.5, 0.6) is 5.75 Å². The van der Waals surface area contributed by atoms with Gasteiger partial charge < -0.3 is 14.5 Å². The topological polar surface area (TPSA) is 51.1 Å². The van der Waals surface area contributed by atoms with Crippen LogP contribution < -0.4 is 4.74 Å². The Morgan fingerprint density at radius 1 is 1.55 bits per heavy atom. The molecule has 1 aliphatic heterocycles. The molecular formula is C17H22N2O3. The quantitative estimate of drug-likeness (QED) is 0.728. The summed E-state index contributed by atoms with van der Waals surface area (Å²) in [6.07, 6.45) is 2.73. The van der Waals surface area contributed by atoms with E-state index in [4.69, 9.17) is 9.57 Å². The average molecular weight is 302 g/mol. The predicted octanol–water partition coefficient (Wildman–Crippen LogP) is 2.61. The minimum absolute atomic E-state index is 0.0919. The molecule has 22 heavy (non-hydrogen) atoms. The maximum Gasteiger partial charge on any atom is 0.222 e. The molecule has 1 atom stereocenters. The third-order valence-corrected chi connectivity index (χ3v) is 3.58. The summed E-state index contributed by atoms with van der Waals surface area (Å²) < 4.78 is 5.35. The Hall–Kier alpha value is -2.30. The van der Waals surface area contributed by atoms with Crippen molar-refractivity contribution in [2.45, 2.75) is 25.9 Å². The molecule has 1 aromatic carbocycles. The molecule has 5 heteroatoms. The second kappa shape index (κ2) is 7.64. The first kappa shape index (κ1) is 16.1. The number of amides is 1. The second-order valence-corrected chi connectivity index (χ2v) is 5.11. The zero-order valence-corrected chi connectivity index (χ0v) is 13.1. The van der Waals surface area contributed by atoms with Crippen LogP contribution in [0.3, 0.4) is 0 Å². The summed E-state index contributed by atoms with van der Waals surface area (Å²) in [5, 5.41) is 4.17. The van der Waals surface area contributed by atoms with E-state index in [0.29, 0.717) is 25.9 Å². The number of carbonyl (C=O) groups excluding carboxylic acids is 1. The zero-order valence-electron chi connectivity index (χ0n) is 13.1. The lowest BCUT2D eigenvalue weighted by Crippen LogP contribution is -2.37. The van der Waals surface area contributed by atoms with Gasteiger partial charge in [0.15, 0.2) is 6.10 Å². The summed E-state index contributed by atoms with van der Waals surface area (Å²) >= 11 is 0. The van der Waals surface area contributed by atoms with Gasteiger partial charge in [0, 0.05) is 24.9 Å². The van der Waals surface area contributed by atoms with Gasteiger partial charge in [0.05, 0.1) is 19.4 Å². The Kier molecular flexibility index (Phi) is 5.58. The standard InChI is InChI=1S/C17H22N2O3/c1-4-10-19(17(20)5-2)12-13-11-15(18-22-13)14-8-6-7-9-16(14)21-3/h4,6-9,13H,1,5,10-12H2,2-3H3. The molecule has 0 fully saturated rings. The van der Waals surface area contributed by atoms with E-state index in [0.717, 1.165) is 17.0 Å². The number of nitrogens with zero attached hydrogens (tertiary/aromatic N) is 2. The van der Waals surface area contributed by atoms with E-state index in [1.807, 2.05) is 31.2 Å². The van der Waals surface area contributed by atoms with Crippen molar-refractivity contribution in [2.24, 2.45) is 5.16 Å². The third-order valence-electron chi connectivity index (χ3n) is 3.58. The van der Waals surface area contributed by atoms with Gasteiger partial charge in [-0.1, -0.05) is 30.3 Å². The lowest BCUT2D eigenvalue weighted by atomic mass is 10.0. The number of ether oxygens (including phenoxy) is 1. The van der Waals surface area contributed by atoms with Crippen molar-refractivity contribution in [1.29, 1.82) is 0 Å². The molecule has 0 aromatic heterocycles. The number of rotatable bonds is 7. The van der Waals surface area contributed by atoms with E-state index in [9.17, 15) is 4.79 Å². The van der Waals surface area contributed by atoms with Crippen LogP contribution in [0.4, 0.5) is 0 Å². The molecule has 5 nitrogen and oxygen atoms in total. The highest BCUT2D eigenvalue weighted by Crippen LogP contribution is 2.24. The lowest BCUT2D eigenvalue weighted by Gasteiger charge is -2.22. The van der Waals surface area contributed by atoms with E-state index in [-0.39, 0.29) is 12.0 Å². The fourth-order valence-corrected chi connectivity index (χ4v) is 2.47. The molecule has 0 aliphatic carbocycles. The zero-order chi connectivity index (χ0) is 15.9. The highest BCUT2D eigenvalue weighted by Gasteiger charge is 2.27. The summed E-state index contributed by atoms with van der Waals surface area (Å²) in [4.78, 5) is 19.2.